The molecule has 2 N–H and O–H groups in total. The van der Waals surface area contributed by atoms with Crippen molar-refractivity contribution >= 4 is 29.8 Å². The van der Waals surface area contributed by atoms with E-state index >= 15 is 0 Å². The van der Waals surface area contributed by atoms with Gasteiger partial charge < -0.3 is 24.6 Å². The van der Waals surface area contributed by atoms with Gasteiger partial charge in [0.25, 0.3) is 0 Å². The molecule has 0 spiro atoms. The molecule has 0 aliphatic heterocycles. The van der Waals surface area contributed by atoms with E-state index in [9.17, 15) is 14.4 Å². The first-order chi connectivity index (χ1) is 12.3. The molecule has 9 heteroatoms. The molecular formula is C17H22ClNO7. The average Bonchev–Trinajstić information content (AvgIpc) is 2.57. The molecule has 0 aromatic heterocycles. The zero-order valence-electron chi connectivity index (χ0n) is 14.5. The van der Waals surface area contributed by atoms with Crippen LogP contribution in [0, 0.1) is 5.92 Å². The molecule has 0 saturated carbocycles. The molecule has 8 nitrogen and oxygen atoms in total. The van der Waals surface area contributed by atoms with E-state index in [0.717, 1.165) is 5.56 Å². The number of carbonyl (C=O) groups is 3. The molecule has 0 aliphatic carbocycles. The second kappa shape index (κ2) is 11.2. The van der Waals surface area contributed by atoms with Crippen LogP contribution in [0.1, 0.15) is 25.8 Å². The fourth-order valence-electron chi connectivity index (χ4n) is 1.90. The third-order valence-electron chi connectivity index (χ3n) is 3.22. The van der Waals surface area contributed by atoms with E-state index in [1.807, 2.05) is 30.3 Å². The minimum Gasteiger partial charge on any atom is -0.464 e. The predicted molar refractivity (Wildman–Crippen MR) is 92.7 cm³/mol. The Hall–Kier alpha value is -2.48. The van der Waals surface area contributed by atoms with Crippen LogP contribution < -0.4 is 5.32 Å². The summed E-state index contributed by atoms with van der Waals surface area (Å²) in [5.41, 5.74) is -0.306. The van der Waals surface area contributed by atoms with Crippen LogP contribution >= 0.6 is 11.6 Å². The van der Waals surface area contributed by atoms with Gasteiger partial charge in [-0.05, 0) is 11.5 Å². The summed E-state index contributed by atoms with van der Waals surface area (Å²) in [6, 6.07) is 8.20. The summed E-state index contributed by atoms with van der Waals surface area (Å²) >= 11 is 5.60. The van der Waals surface area contributed by atoms with Crippen LogP contribution in [0.25, 0.3) is 0 Å². The van der Waals surface area contributed by atoms with Crippen molar-refractivity contribution in [3.63, 3.8) is 0 Å². The molecule has 0 radical (unpaired) electrons. The minimum absolute atomic E-state index is 0.0110. The number of rotatable bonds is 9. The van der Waals surface area contributed by atoms with Crippen LogP contribution in [-0.2, 0) is 25.6 Å². The lowest BCUT2D eigenvalue weighted by Gasteiger charge is -2.21. The average molecular weight is 388 g/mol. The van der Waals surface area contributed by atoms with Crippen LogP contribution in [0.3, 0.4) is 0 Å². The lowest BCUT2D eigenvalue weighted by atomic mass is 10.1. The third-order valence-corrected chi connectivity index (χ3v) is 3.53. The number of benzene rings is 1. The molecule has 2 atom stereocenters. The van der Waals surface area contributed by atoms with Gasteiger partial charge in [0.15, 0.2) is 5.56 Å². The molecule has 0 fully saturated rings. The molecule has 0 bridgehead atoms. The first kappa shape index (κ1) is 21.6. The number of amides is 1. The van der Waals surface area contributed by atoms with Gasteiger partial charge in [0.1, 0.15) is 12.6 Å². The maximum Gasteiger partial charge on any atom is 0.507 e. The van der Waals surface area contributed by atoms with E-state index in [2.05, 4.69) is 10.1 Å². The monoisotopic (exact) mass is 387 g/mol. The summed E-state index contributed by atoms with van der Waals surface area (Å²) in [7, 11) is 0. The standard InChI is InChI=1S/C17H22ClNO7/c1-11(2)14(15(20)24-9-8-13(18)26-17(22)23)19-16(21)25-10-12-6-4-3-5-7-12/h3-7,11,13-14H,8-10H2,1-2H3,(H,19,21)(H,22,23)/t13?,14-/m0/s1. The molecule has 0 aliphatic rings. The van der Waals surface area contributed by atoms with Crippen LogP contribution in [0.2, 0.25) is 0 Å². The highest BCUT2D eigenvalue weighted by Crippen LogP contribution is 2.09. The maximum atomic E-state index is 12.1. The van der Waals surface area contributed by atoms with E-state index in [1.165, 1.54) is 0 Å². The van der Waals surface area contributed by atoms with Crippen molar-refractivity contribution in [2.24, 2.45) is 5.92 Å². The molecule has 0 heterocycles. The van der Waals surface area contributed by atoms with Gasteiger partial charge in [-0.2, -0.15) is 0 Å². The van der Waals surface area contributed by atoms with Crippen molar-refractivity contribution in [3.8, 4) is 0 Å². The van der Waals surface area contributed by atoms with Gasteiger partial charge in [0.05, 0.1) is 6.61 Å². The smallest absolute Gasteiger partial charge is 0.464 e. The Bertz CT molecular complexity index is 594. The van der Waals surface area contributed by atoms with E-state index in [4.69, 9.17) is 26.2 Å². The highest BCUT2D eigenvalue weighted by molar-refractivity contribution is 6.20. The number of esters is 1. The summed E-state index contributed by atoms with van der Waals surface area (Å²) in [4.78, 5) is 34.3. The first-order valence-corrected chi connectivity index (χ1v) is 8.40. The van der Waals surface area contributed by atoms with E-state index in [0.29, 0.717) is 0 Å². The lowest BCUT2D eigenvalue weighted by molar-refractivity contribution is -0.147. The number of carbonyl (C=O) groups excluding carboxylic acids is 2. The summed E-state index contributed by atoms with van der Waals surface area (Å²) in [6.07, 6.45) is -2.27. The Labute approximate surface area is 156 Å². The van der Waals surface area contributed by atoms with Crippen molar-refractivity contribution in [3.05, 3.63) is 35.9 Å². The summed E-state index contributed by atoms with van der Waals surface area (Å²) in [6.45, 7) is 3.40. The number of hydrogen-bond donors (Lipinski definition) is 2. The normalized spacial score (nSPS) is 12.8. The molecule has 1 amide bonds. The van der Waals surface area contributed by atoms with Gasteiger partial charge >= 0.3 is 18.2 Å². The molecule has 1 rings (SSSR count). The Morgan fingerprint density at radius 1 is 1.15 bits per heavy atom. The molecule has 1 aromatic carbocycles. The molecule has 1 unspecified atom stereocenters. The topological polar surface area (TPSA) is 111 Å². The molecular weight excluding hydrogens is 366 g/mol. The summed E-state index contributed by atoms with van der Waals surface area (Å²) < 4.78 is 14.4. The highest BCUT2D eigenvalue weighted by atomic mass is 35.5. The fraction of sp³-hybridized carbons (Fsp3) is 0.471. The van der Waals surface area contributed by atoms with Gasteiger partial charge in [-0.25, -0.2) is 14.4 Å². The SMILES string of the molecule is CC(C)[C@H](NC(=O)OCc1ccccc1)C(=O)OCCC(Cl)OC(=O)O. The number of hydrogen-bond acceptors (Lipinski definition) is 6. The quantitative estimate of drug-likeness (QED) is 0.380. The third kappa shape index (κ3) is 8.57. The van der Waals surface area contributed by atoms with Crippen molar-refractivity contribution in [2.75, 3.05) is 6.61 Å². The van der Waals surface area contributed by atoms with Crippen LogP contribution in [0.4, 0.5) is 9.59 Å². The predicted octanol–water partition coefficient (Wildman–Crippen LogP) is 3.13. The molecule has 0 saturated heterocycles. The van der Waals surface area contributed by atoms with Gasteiger partial charge in [-0.1, -0.05) is 55.8 Å². The first-order valence-electron chi connectivity index (χ1n) is 7.97. The van der Waals surface area contributed by atoms with E-state index < -0.39 is 29.8 Å². The number of alkyl halides is 1. The Balaban J connectivity index is 2.42. The fourth-order valence-corrected chi connectivity index (χ4v) is 2.07. The maximum absolute atomic E-state index is 12.1. The number of nitrogens with one attached hydrogen (secondary N) is 1. The largest absolute Gasteiger partial charge is 0.507 e. The zero-order valence-corrected chi connectivity index (χ0v) is 15.3. The number of halogens is 1. The zero-order chi connectivity index (χ0) is 19.5. The van der Waals surface area contributed by atoms with Crippen LogP contribution in [0.15, 0.2) is 30.3 Å². The van der Waals surface area contributed by atoms with Gasteiger partial charge in [-0.3, -0.25) is 0 Å². The number of ether oxygens (including phenoxy) is 3. The molecule has 1 aromatic rings. The Kier molecular flexibility index (Phi) is 9.29. The van der Waals surface area contributed by atoms with Gasteiger partial charge in [-0.15, -0.1) is 0 Å². The van der Waals surface area contributed by atoms with Gasteiger partial charge in [0, 0.05) is 6.42 Å². The highest BCUT2D eigenvalue weighted by Gasteiger charge is 2.26. The summed E-state index contributed by atoms with van der Waals surface area (Å²) in [5, 5.41) is 10.9. The van der Waals surface area contributed by atoms with Crippen LogP contribution in [0.5, 0.6) is 0 Å². The molecule has 26 heavy (non-hydrogen) atoms. The van der Waals surface area contributed by atoms with Gasteiger partial charge in [0.2, 0.25) is 0 Å². The van der Waals surface area contributed by atoms with E-state index in [1.54, 1.807) is 13.8 Å². The second-order valence-electron chi connectivity index (χ2n) is 5.68. The van der Waals surface area contributed by atoms with Crippen molar-refractivity contribution in [1.82, 2.24) is 5.32 Å². The Morgan fingerprint density at radius 3 is 2.38 bits per heavy atom. The Morgan fingerprint density at radius 2 is 1.81 bits per heavy atom. The van der Waals surface area contributed by atoms with Crippen LogP contribution in [-0.4, -0.2) is 41.5 Å². The second-order valence-corrected chi connectivity index (χ2v) is 6.16. The minimum atomic E-state index is -1.51. The van der Waals surface area contributed by atoms with E-state index in [-0.39, 0.29) is 25.6 Å². The van der Waals surface area contributed by atoms with Crippen molar-refractivity contribution in [2.45, 2.75) is 38.5 Å². The summed E-state index contributed by atoms with van der Waals surface area (Å²) in [5.74, 6) is -0.912. The lowest BCUT2D eigenvalue weighted by Crippen LogP contribution is -2.45. The molecule has 144 valence electrons. The number of carboxylic acid groups (broad SMARTS) is 1. The van der Waals surface area contributed by atoms with Crippen molar-refractivity contribution < 1.29 is 33.7 Å². The van der Waals surface area contributed by atoms with Crippen molar-refractivity contribution in [1.29, 1.82) is 0 Å². The number of alkyl carbamates (subject to hydrolysis) is 1.